The second-order valence-electron chi connectivity index (χ2n) is 5.94. The number of benzene rings is 1. The lowest BCUT2D eigenvalue weighted by atomic mass is 9.90. The van der Waals surface area contributed by atoms with E-state index in [-0.39, 0.29) is 23.2 Å². The van der Waals surface area contributed by atoms with Crippen molar-refractivity contribution >= 4 is 0 Å². The molecule has 1 aromatic carbocycles. The van der Waals surface area contributed by atoms with Gasteiger partial charge < -0.3 is 0 Å². The zero-order valence-corrected chi connectivity index (χ0v) is 11.2. The lowest BCUT2D eigenvalue weighted by molar-refractivity contribution is 0.170. The van der Waals surface area contributed by atoms with E-state index in [2.05, 4.69) is 31.7 Å². The van der Waals surface area contributed by atoms with Gasteiger partial charge in [0.1, 0.15) is 5.82 Å². The number of hydrogen-bond donors (Lipinski definition) is 0. The molecule has 1 heterocycles. The van der Waals surface area contributed by atoms with E-state index in [4.69, 9.17) is 0 Å². The molecule has 2 atom stereocenters. The van der Waals surface area contributed by atoms with Gasteiger partial charge in [-0.2, -0.15) is 5.26 Å². The lowest BCUT2D eigenvalue weighted by Crippen LogP contribution is -2.39. The zero-order valence-electron chi connectivity index (χ0n) is 11.2. The van der Waals surface area contributed by atoms with Crippen molar-refractivity contribution in [1.29, 1.82) is 5.26 Å². The summed E-state index contributed by atoms with van der Waals surface area (Å²) in [4.78, 5) is 2.26. The first-order chi connectivity index (χ1) is 8.43. The molecule has 0 spiro atoms. The molecule has 96 valence electrons. The van der Waals surface area contributed by atoms with Crippen LogP contribution in [0.4, 0.5) is 4.39 Å². The predicted molar refractivity (Wildman–Crippen MR) is 69.6 cm³/mol. The Kier molecular flexibility index (Phi) is 3.41. The highest BCUT2D eigenvalue weighted by molar-refractivity contribution is 5.26. The standard InChI is InChI=1S/C15H19FN2/c1-15(2,3)18-9-11(8-17)13(10-18)12-6-4-5-7-14(12)16/h4-7,11,13H,9-10H2,1-3H3/t11-,13-/m0/s1. The molecule has 0 radical (unpaired) electrons. The fourth-order valence-corrected chi connectivity index (χ4v) is 2.57. The van der Waals surface area contributed by atoms with Crippen LogP contribution in [-0.4, -0.2) is 23.5 Å². The Morgan fingerprint density at radius 1 is 1.28 bits per heavy atom. The highest BCUT2D eigenvalue weighted by atomic mass is 19.1. The summed E-state index contributed by atoms with van der Waals surface area (Å²) in [7, 11) is 0. The van der Waals surface area contributed by atoms with Gasteiger partial charge in [-0.15, -0.1) is 0 Å². The molecule has 0 saturated carbocycles. The first-order valence-corrected chi connectivity index (χ1v) is 6.32. The van der Waals surface area contributed by atoms with Crippen LogP contribution >= 0.6 is 0 Å². The summed E-state index contributed by atoms with van der Waals surface area (Å²) in [6.45, 7) is 7.86. The first kappa shape index (κ1) is 13.0. The summed E-state index contributed by atoms with van der Waals surface area (Å²) in [5, 5.41) is 9.27. The first-order valence-electron chi connectivity index (χ1n) is 6.32. The second-order valence-corrected chi connectivity index (χ2v) is 5.94. The third-order valence-corrected chi connectivity index (χ3v) is 3.74. The quantitative estimate of drug-likeness (QED) is 0.761. The van der Waals surface area contributed by atoms with Gasteiger partial charge in [0.05, 0.1) is 12.0 Å². The second kappa shape index (κ2) is 4.70. The Hall–Kier alpha value is -1.40. The van der Waals surface area contributed by atoms with Crippen LogP contribution in [0.3, 0.4) is 0 Å². The summed E-state index contributed by atoms with van der Waals surface area (Å²) in [6, 6.07) is 9.14. The van der Waals surface area contributed by atoms with Gasteiger partial charge >= 0.3 is 0 Å². The van der Waals surface area contributed by atoms with E-state index >= 15 is 0 Å². The minimum absolute atomic E-state index is 0.0181. The number of likely N-dealkylation sites (tertiary alicyclic amines) is 1. The molecule has 2 rings (SSSR count). The van der Waals surface area contributed by atoms with E-state index in [1.807, 2.05) is 6.07 Å². The van der Waals surface area contributed by atoms with Crippen molar-refractivity contribution in [2.75, 3.05) is 13.1 Å². The lowest BCUT2D eigenvalue weighted by Gasteiger charge is -2.31. The Bertz CT molecular complexity index is 470. The molecule has 0 amide bonds. The van der Waals surface area contributed by atoms with Crippen molar-refractivity contribution < 1.29 is 4.39 Å². The third-order valence-electron chi connectivity index (χ3n) is 3.74. The van der Waals surface area contributed by atoms with Crippen LogP contribution in [0.1, 0.15) is 32.3 Å². The zero-order chi connectivity index (χ0) is 13.3. The highest BCUT2D eigenvalue weighted by Gasteiger charge is 2.39. The van der Waals surface area contributed by atoms with Crippen molar-refractivity contribution in [2.24, 2.45) is 5.92 Å². The Balaban J connectivity index is 2.29. The van der Waals surface area contributed by atoms with E-state index in [1.165, 1.54) is 6.07 Å². The van der Waals surface area contributed by atoms with Gasteiger partial charge in [0, 0.05) is 24.5 Å². The molecule has 0 aromatic heterocycles. The minimum Gasteiger partial charge on any atom is -0.297 e. The van der Waals surface area contributed by atoms with Crippen molar-refractivity contribution in [1.82, 2.24) is 4.90 Å². The molecule has 0 unspecified atom stereocenters. The summed E-state index contributed by atoms with van der Waals surface area (Å²) >= 11 is 0. The van der Waals surface area contributed by atoms with Crippen molar-refractivity contribution in [3.05, 3.63) is 35.6 Å². The molecule has 1 aliphatic heterocycles. The number of hydrogen-bond acceptors (Lipinski definition) is 2. The van der Waals surface area contributed by atoms with Crippen LogP contribution in [-0.2, 0) is 0 Å². The highest BCUT2D eigenvalue weighted by Crippen LogP contribution is 2.36. The third kappa shape index (κ3) is 2.39. The SMILES string of the molecule is CC(C)(C)N1C[C@H](c2ccccc2F)[C@@H](C#N)C1. The fourth-order valence-electron chi connectivity index (χ4n) is 2.57. The van der Waals surface area contributed by atoms with Crippen LogP contribution in [0.25, 0.3) is 0 Å². The number of nitrogens with zero attached hydrogens (tertiary/aromatic N) is 2. The number of rotatable bonds is 1. The molecular formula is C15H19FN2. The monoisotopic (exact) mass is 246 g/mol. The average molecular weight is 246 g/mol. The van der Waals surface area contributed by atoms with E-state index in [1.54, 1.807) is 12.1 Å². The van der Waals surface area contributed by atoms with Gasteiger partial charge in [0.15, 0.2) is 0 Å². The fraction of sp³-hybridized carbons (Fsp3) is 0.533. The van der Waals surface area contributed by atoms with Crippen molar-refractivity contribution in [2.45, 2.75) is 32.2 Å². The van der Waals surface area contributed by atoms with Gasteiger partial charge in [-0.05, 0) is 32.4 Å². The predicted octanol–water partition coefficient (Wildman–Crippen LogP) is 3.16. The molecule has 0 aliphatic carbocycles. The number of halogens is 1. The normalized spacial score (nSPS) is 25.1. The smallest absolute Gasteiger partial charge is 0.126 e. The molecule has 0 N–H and O–H groups in total. The summed E-state index contributed by atoms with van der Waals surface area (Å²) < 4.78 is 13.8. The topological polar surface area (TPSA) is 27.0 Å². The van der Waals surface area contributed by atoms with Crippen molar-refractivity contribution in [3.63, 3.8) is 0 Å². The summed E-state index contributed by atoms with van der Waals surface area (Å²) in [5.74, 6) is -0.338. The van der Waals surface area contributed by atoms with Crippen LogP contribution in [0.15, 0.2) is 24.3 Å². The molecule has 18 heavy (non-hydrogen) atoms. The van der Waals surface area contributed by atoms with Crippen LogP contribution in [0, 0.1) is 23.1 Å². The maximum absolute atomic E-state index is 13.8. The summed E-state index contributed by atoms with van der Waals surface area (Å²) in [6.07, 6.45) is 0. The van der Waals surface area contributed by atoms with E-state index in [9.17, 15) is 9.65 Å². The number of nitriles is 1. The van der Waals surface area contributed by atoms with E-state index in [0.29, 0.717) is 5.56 Å². The van der Waals surface area contributed by atoms with Crippen LogP contribution in [0.2, 0.25) is 0 Å². The van der Waals surface area contributed by atoms with Gasteiger partial charge in [0.2, 0.25) is 0 Å². The Morgan fingerprint density at radius 2 is 1.94 bits per heavy atom. The van der Waals surface area contributed by atoms with Crippen molar-refractivity contribution in [3.8, 4) is 6.07 Å². The molecule has 1 aromatic rings. The van der Waals surface area contributed by atoms with Gasteiger partial charge in [-0.1, -0.05) is 18.2 Å². The molecule has 1 fully saturated rings. The Labute approximate surface area is 108 Å². The van der Waals surface area contributed by atoms with Crippen LogP contribution < -0.4 is 0 Å². The molecule has 3 heteroatoms. The van der Waals surface area contributed by atoms with Gasteiger partial charge in [0.25, 0.3) is 0 Å². The van der Waals surface area contributed by atoms with Gasteiger partial charge in [-0.3, -0.25) is 4.90 Å². The van der Waals surface area contributed by atoms with Crippen LogP contribution in [0.5, 0.6) is 0 Å². The molecule has 0 bridgehead atoms. The average Bonchev–Trinajstić information content (AvgIpc) is 2.73. The Morgan fingerprint density at radius 3 is 2.50 bits per heavy atom. The molecular weight excluding hydrogens is 227 g/mol. The maximum atomic E-state index is 13.8. The summed E-state index contributed by atoms with van der Waals surface area (Å²) in [5.41, 5.74) is 0.700. The van der Waals surface area contributed by atoms with E-state index < -0.39 is 0 Å². The van der Waals surface area contributed by atoms with Gasteiger partial charge in [-0.25, -0.2) is 4.39 Å². The minimum atomic E-state index is -0.196. The molecule has 1 saturated heterocycles. The molecule has 2 nitrogen and oxygen atoms in total. The molecule has 1 aliphatic rings. The largest absolute Gasteiger partial charge is 0.297 e. The maximum Gasteiger partial charge on any atom is 0.126 e. The van der Waals surface area contributed by atoms with E-state index in [0.717, 1.165) is 13.1 Å².